The maximum atomic E-state index is 11.1. The lowest BCUT2D eigenvalue weighted by molar-refractivity contribution is -0.385. The number of benzene rings is 2. The third-order valence-corrected chi connectivity index (χ3v) is 2.65. The average Bonchev–Trinajstić information content (AvgIpc) is 2.39. The Morgan fingerprint density at radius 3 is 2.47 bits per heavy atom. The number of hydrogen-bond donors (Lipinski definition) is 2. The highest BCUT2D eigenvalue weighted by Gasteiger charge is 2.14. The molecule has 0 saturated heterocycles. The number of nitro benzene ring substituents is 1. The van der Waals surface area contributed by atoms with Crippen LogP contribution in [-0.4, -0.2) is 15.9 Å². The summed E-state index contributed by atoms with van der Waals surface area (Å²) in [5, 5.41) is 20.1. The quantitative estimate of drug-likeness (QED) is 0.649. The van der Waals surface area contributed by atoms with Gasteiger partial charge in [-0.2, -0.15) is 0 Å². The molecular formula is C13H10N2O4. The zero-order valence-corrected chi connectivity index (χ0v) is 9.74. The second-order valence-corrected chi connectivity index (χ2v) is 3.91. The largest absolute Gasteiger partial charge is 0.502 e. The van der Waals surface area contributed by atoms with E-state index in [4.69, 9.17) is 5.73 Å². The Morgan fingerprint density at radius 1 is 1.16 bits per heavy atom. The van der Waals surface area contributed by atoms with Gasteiger partial charge in [0, 0.05) is 11.6 Å². The molecule has 0 aromatic heterocycles. The van der Waals surface area contributed by atoms with Crippen molar-refractivity contribution < 1.29 is 14.8 Å². The smallest absolute Gasteiger partial charge is 0.311 e. The number of aromatic hydroxyl groups is 1. The summed E-state index contributed by atoms with van der Waals surface area (Å²) in [5.74, 6) is -0.977. The van der Waals surface area contributed by atoms with Crippen LogP contribution in [0.15, 0.2) is 42.5 Å². The lowest BCUT2D eigenvalue weighted by Crippen LogP contribution is -2.10. The van der Waals surface area contributed by atoms with Crippen LogP contribution in [-0.2, 0) is 0 Å². The third-order valence-electron chi connectivity index (χ3n) is 2.65. The molecule has 0 aliphatic rings. The minimum atomic E-state index is -0.670. The molecule has 2 aromatic rings. The van der Waals surface area contributed by atoms with Crippen molar-refractivity contribution in [1.82, 2.24) is 0 Å². The molecule has 2 aromatic carbocycles. The summed E-state index contributed by atoms with van der Waals surface area (Å²) in [5.41, 5.74) is 6.23. The third kappa shape index (κ3) is 2.52. The van der Waals surface area contributed by atoms with Crippen LogP contribution in [0.3, 0.4) is 0 Å². The number of phenols is 1. The van der Waals surface area contributed by atoms with Crippen molar-refractivity contribution in [3.05, 3.63) is 58.1 Å². The predicted octanol–water partition coefficient (Wildman–Crippen LogP) is 2.07. The molecule has 0 unspecified atom stereocenters. The summed E-state index contributed by atoms with van der Waals surface area (Å²) in [6, 6.07) is 10.4. The van der Waals surface area contributed by atoms with Gasteiger partial charge in [-0.1, -0.05) is 18.2 Å². The normalized spacial score (nSPS) is 10.1. The van der Waals surface area contributed by atoms with Gasteiger partial charge < -0.3 is 10.8 Å². The van der Waals surface area contributed by atoms with Gasteiger partial charge in [0.15, 0.2) is 5.75 Å². The van der Waals surface area contributed by atoms with Gasteiger partial charge in [-0.15, -0.1) is 0 Å². The first-order chi connectivity index (χ1) is 8.99. The van der Waals surface area contributed by atoms with Crippen molar-refractivity contribution >= 4 is 11.6 Å². The molecule has 19 heavy (non-hydrogen) atoms. The molecule has 1 amide bonds. The fraction of sp³-hybridized carbons (Fsp3) is 0. The Balaban J connectivity index is 2.53. The number of nitro groups is 1. The van der Waals surface area contributed by atoms with Gasteiger partial charge in [0.2, 0.25) is 5.91 Å². The summed E-state index contributed by atoms with van der Waals surface area (Å²) in [4.78, 5) is 21.2. The number of hydrogen-bond acceptors (Lipinski definition) is 4. The van der Waals surface area contributed by atoms with Gasteiger partial charge in [-0.05, 0) is 29.3 Å². The van der Waals surface area contributed by atoms with E-state index in [1.165, 1.54) is 18.2 Å². The Bertz CT molecular complexity index is 667. The van der Waals surface area contributed by atoms with Crippen LogP contribution in [0.5, 0.6) is 5.75 Å². The number of nitrogens with two attached hydrogens (primary N) is 1. The molecule has 6 nitrogen and oxygen atoms in total. The highest BCUT2D eigenvalue weighted by Crippen LogP contribution is 2.31. The Kier molecular flexibility index (Phi) is 3.15. The lowest BCUT2D eigenvalue weighted by atomic mass is 10.0. The maximum absolute atomic E-state index is 11.1. The number of amides is 1. The standard InChI is InChI=1S/C13H10N2O4/c14-13(17)10-3-1-2-8(6-10)9-4-5-12(16)11(7-9)15(18)19/h1-7,16H,(H2,14,17). The summed E-state index contributed by atoms with van der Waals surface area (Å²) >= 11 is 0. The molecule has 0 saturated carbocycles. The van der Waals surface area contributed by atoms with Crippen LogP contribution in [0.4, 0.5) is 5.69 Å². The molecule has 0 heterocycles. The van der Waals surface area contributed by atoms with Crippen LogP contribution in [0, 0.1) is 10.1 Å². The molecule has 96 valence electrons. The summed E-state index contributed by atoms with van der Waals surface area (Å²) in [6.07, 6.45) is 0. The van der Waals surface area contributed by atoms with Gasteiger partial charge in [0.05, 0.1) is 4.92 Å². The Morgan fingerprint density at radius 2 is 1.84 bits per heavy atom. The van der Waals surface area contributed by atoms with E-state index in [-0.39, 0.29) is 5.69 Å². The molecule has 0 fully saturated rings. The van der Waals surface area contributed by atoms with E-state index in [1.807, 2.05) is 0 Å². The van der Waals surface area contributed by atoms with E-state index >= 15 is 0 Å². The Labute approximate surface area is 108 Å². The topological polar surface area (TPSA) is 106 Å². The summed E-state index contributed by atoms with van der Waals surface area (Å²) in [6.45, 7) is 0. The molecular weight excluding hydrogens is 248 g/mol. The second-order valence-electron chi connectivity index (χ2n) is 3.91. The minimum absolute atomic E-state index is 0.313. The summed E-state index contributed by atoms with van der Waals surface area (Å²) < 4.78 is 0. The van der Waals surface area contributed by atoms with Crippen molar-refractivity contribution in [2.24, 2.45) is 5.73 Å². The zero-order chi connectivity index (χ0) is 14.0. The van der Waals surface area contributed by atoms with Crippen LogP contribution in [0.1, 0.15) is 10.4 Å². The Hall–Kier alpha value is -2.89. The zero-order valence-electron chi connectivity index (χ0n) is 9.74. The van der Waals surface area contributed by atoms with E-state index in [0.29, 0.717) is 16.7 Å². The van der Waals surface area contributed by atoms with Gasteiger partial charge in [-0.3, -0.25) is 14.9 Å². The van der Waals surface area contributed by atoms with Gasteiger partial charge in [0.25, 0.3) is 0 Å². The van der Waals surface area contributed by atoms with Crippen molar-refractivity contribution in [3.8, 4) is 16.9 Å². The van der Waals surface area contributed by atoms with E-state index in [9.17, 15) is 20.0 Å². The van der Waals surface area contributed by atoms with E-state index in [2.05, 4.69) is 0 Å². The van der Waals surface area contributed by atoms with Gasteiger partial charge in [0.1, 0.15) is 0 Å². The molecule has 0 atom stereocenters. The van der Waals surface area contributed by atoms with Crippen molar-refractivity contribution in [3.63, 3.8) is 0 Å². The first-order valence-electron chi connectivity index (χ1n) is 5.36. The van der Waals surface area contributed by atoms with E-state index < -0.39 is 16.6 Å². The number of phenolic OH excluding ortho intramolecular Hbond substituents is 1. The van der Waals surface area contributed by atoms with Crippen molar-refractivity contribution in [1.29, 1.82) is 0 Å². The average molecular weight is 258 g/mol. The number of carbonyl (C=O) groups excluding carboxylic acids is 1. The number of nitrogens with zero attached hydrogens (tertiary/aromatic N) is 1. The molecule has 0 spiro atoms. The monoisotopic (exact) mass is 258 g/mol. The number of carbonyl (C=O) groups is 1. The van der Waals surface area contributed by atoms with Crippen molar-refractivity contribution in [2.75, 3.05) is 0 Å². The lowest BCUT2D eigenvalue weighted by Gasteiger charge is -2.04. The first kappa shape index (κ1) is 12.6. The fourth-order valence-corrected chi connectivity index (χ4v) is 1.70. The second kappa shape index (κ2) is 4.77. The van der Waals surface area contributed by atoms with E-state index in [0.717, 1.165) is 0 Å². The van der Waals surface area contributed by atoms with Crippen LogP contribution >= 0.6 is 0 Å². The van der Waals surface area contributed by atoms with Gasteiger partial charge >= 0.3 is 5.69 Å². The maximum Gasteiger partial charge on any atom is 0.311 e. The SMILES string of the molecule is NC(=O)c1cccc(-c2ccc(O)c([N+](=O)[O-])c2)c1. The van der Waals surface area contributed by atoms with Crippen LogP contribution in [0.2, 0.25) is 0 Å². The van der Waals surface area contributed by atoms with E-state index in [1.54, 1.807) is 24.3 Å². The molecule has 0 radical (unpaired) electrons. The van der Waals surface area contributed by atoms with Crippen LogP contribution < -0.4 is 5.73 Å². The first-order valence-corrected chi connectivity index (χ1v) is 5.36. The van der Waals surface area contributed by atoms with Crippen molar-refractivity contribution in [2.45, 2.75) is 0 Å². The highest BCUT2D eigenvalue weighted by molar-refractivity contribution is 5.94. The number of rotatable bonds is 3. The molecule has 2 rings (SSSR count). The molecule has 0 aliphatic heterocycles. The minimum Gasteiger partial charge on any atom is -0.502 e. The molecule has 0 aliphatic carbocycles. The summed E-state index contributed by atoms with van der Waals surface area (Å²) in [7, 11) is 0. The predicted molar refractivity (Wildman–Crippen MR) is 68.7 cm³/mol. The highest BCUT2D eigenvalue weighted by atomic mass is 16.6. The molecule has 0 bridgehead atoms. The molecule has 3 N–H and O–H groups in total. The molecule has 6 heteroatoms. The van der Waals surface area contributed by atoms with Gasteiger partial charge in [-0.25, -0.2) is 0 Å². The van der Waals surface area contributed by atoms with Crippen LogP contribution in [0.25, 0.3) is 11.1 Å². The fourth-order valence-electron chi connectivity index (χ4n) is 1.70. The number of primary amides is 1.